The summed E-state index contributed by atoms with van der Waals surface area (Å²) in [6, 6.07) is 3.26. The summed E-state index contributed by atoms with van der Waals surface area (Å²) in [5.74, 6) is 0.0141. The van der Waals surface area contributed by atoms with Crippen LogP contribution < -0.4 is 4.72 Å². The summed E-state index contributed by atoms with van der Waals surface area (Å²) in [7, 11) is -0.728. The molecule has 0 aromatic carbocycles. The van der Waals surface area contributed by atoms with E-state index >= 15 is 0 Å². The van der Waals surface area contributed by atoms with Crippen LogP contribution in [0.25, 0.3) is 0 Å². The van der Waals surface area contributed by atoms with Gasteiger partial charge in [0.2, 0.25) is 5.09 Å². The lowest BCUT2D eigenvalue weighted by Crippen LogP contribution is -2.26. The molecule has 2 rings (SSSR count). The largest absolute Gasteiger partial charge is 0.448 e. The van der Waals surface area contributed by atoms with E-state index in [1.165, 1.54) is 13.1 Å². The molecular weight excluding hydrogens is 324 g/mol. The van der Waals surface area contributed by atoms with Gasteiger partial charge >= 0.3 is 0 Å². The quantitative estimate of drug-likeness (QED) is 0.903. The van der Waals surface area contributed by atoms with Crippen LogP contribution in [-0.4, -0.2) is 33.3 Å². The van der Waals surface area contributed by atoms with Crippen LogP contribution in [0.2, 0.25) is 0 Å². The van der Waals surface area contributed by atoms with Crippen molar-refractivity contribution < 1.29 is 17.6 Å². The maximum absolute atomic E-state index is 12.5. The molecule has 0 bridgehead atoms. The Labute approximate surface area is 133 Å². The lowest BCUT2D eigenvalue weighted by Gasteiger charge is -2.16. The molecule has 0 radical (unpaired) electrons. The molecule has 1 amide bonds. The molecule has 6 nitrogen and oxygen atoms in total. The van der Waals surface area contributed by atoms with Crippen molar-refractivity contribution in [2.45, 2.75) is 25.5 Å². The molecule has 0 aliphatic rings. The van der Waals surface area contributed by atoms with Crippen LogP contribution in [0.15, 0.2) is 27.0 Å². The Morgan fingerprint density at radius 2 is 2.09 bits per heavy atom. The lowest BCUT2D eigenvalue weighted by molar-refractivity contribution is 0.0784. The molecule has 0 aliphatic carbocycles. The summed E-state index contributed by atoms with van der Waals surface area (Å²) >= 11 is 1.58. The summed E-state index contributed by atoms with van der Waals surface area (Å²) in [5.41, 5.74) is 1.39. The maximum Gasteiger partial charge on any atom is 0.273 e. The fourth-order valence-electron chi connectivity index (χ4n) is 1.96. The van der Waals surface area contributed by atoms with Gasteiger partial charge in [0, 0.05) is 18.0 Å². The SMILES string of the molecule is CNS(=O)(=O)c1cc(C(=O)N(C)Cc2sccc2C)c(C)o1. The van der Waals surface area contributed by atoms with Crippen LogP contribution in [0.1, 0.15) is 26.6 Å². The highest BCUT2D eigenvalue weighted by molar-refractivity contribution is 7.89. The fraction of sp³-hybridized carbons (Fsp3) is 0.357. The van der Waals surface area contributed by atoms with Crippen LogP contribution >= 0.6 is 11.3 Å². The number of carbonyl (C=O) groups excluding carboxylic acids is 1. The Morgan fingerprint density at radius 1 is 1.41 bits per heavy atom. The number of furan rings is 1. The average Bonchev–Trinajstić information content (AvgIpc) is 3.05. The van der Waals surface area contributed by atoms with Crippen molar-refractivity contribution in [1.82, 2.24) is 9.62 Å². The molecule has 8 heteroatoms. The monoisotopic (exact) mass is 342 g/mol. The number of thiophene rings is 1. The zero-order valence-electron chi connectivity index (χ0n) is 12.8. The molecule has 0 unspecified atom stereocenters. The first-order valence-corrected chi connectivity index (χ1v) is 8.95. The molecule has 2 aromatic rings. The standard InChI is InChI=1S/C14H18N2O4S2/c1-9-5-6-21-12(9)8-16(4)14(17)11-7-13(20-10(11)2)22(18,19)15-3/h5-7,15H,8H2,1-4H3. The molecule has 2 heterocycles. The second-order valence-electron chi connectivity index (χ2n) is 4.93. The number of amides is 1. The molecule has 0 fully saturated rings. The highest BCUT2D eigenvalue weighted by Gasteiger charge is 2.24. The van der Waals surface area contributed by atoms with Gasteiger partial charge in [0.05, 0.1) is 12.1 Å². The second kappa shape index (κ2) is 6.23. The first kappa shape index (κ1) is 16.7. The highest BCUT2D eigenvalue weighted by atomic mass is 32.2. The third-order valence-corrected chi connectivity index (χ3v) is 5.63. The van der Waals surface area contributed by atoms with Gasteiger partial charge in [0.1, 0.15) is 5.76 Å². The molecule has 0 atom stereocenters. The van der Waals surface area contributed by atoms with Crippen molar-refractivity contribution in [2.24, 2.45) is 0 Å². The summed E-state index contributed by atoms with van der Waals surface area (Å²) in [4.78, 5) is 15.1. The van der Waals surface area contributed by atoms with Gasteiger partial charge in [0.25, 0.3) is 15.9 Å². The molecule has 0 saturated carbocycles. The molecule has 0 spiro atoms. The number of aryl methyl sites for hydroxylation is 2. The van der Waals surface area contributed by atoms with E-state index in [0.29, 0.717) is 6.54 Å². The van der Waals surface area contributed by atoms with Gasteiger partial charge in [-0.3, -0.25) is 4.79 Å². The van der Waals surface area contributed by atoms with E-state index in [1.54, 1.807) is 30.2 Å². The first-order chi connectivity index (χ1) is 10.3. The van der Waals surface area contributed by atoms with Gasteiger partial charge in [-0.05, 0) is 37.9 Å². The van der Waals surface area contributed by atoms with Gasteiger partial charge in [0.15, 0.2) is 0 Å². The van der Waals surface area contributed by atoms with E-state index in [2.05, 4.69) is 4.72 Å². The third-order valence-electron chi connectivity index (χ3n) is 3.35. The summed E-state index contributed by atoms with van der Waals surface area (Å²) < 4.78 is 30.8. The molecule has 0 aliphatic heterocycles. The van der Waals surface area contributed by atoms with Gasteiger partial charge in [-0.15, -0.1) is 11.3 Å². The van der Waals surface area contributed by atoms with Crippen molar-refractivity contribution in [3.05, 3.63) is 39.3 Å². The number of hydrogen-bond donors (Lipinski definition) is 1. The van der Waals surface area contributed by atoms with Crippen molar-refractivity contribution in [2.75, 3.05) is 14.1 Å². The number of hydrogen-bond acceptors (Lipinski definition) is 5. The van der Waals surface area contributed by atoms with E-state index in [0.717, 1.165) is 10.4 Å². The predicted molar refractivity (Wildman–Crippen MR) is 84.5 cm³/mol. The van der Waals surface area contributed by atoms with Crippen molar-refractivity contribution in [3.8, 4) is 0 Å². The minimum absolute atomic E-state index is 0.253. The Kier molecular flexibility index (Phi) is 4.74. The second-order valence-corrected chi connectivity index (χ2v) is 7.75. The molecule has 1 N–H and O–H groups in total. The minimum atomic E-state index is -3.70. The van der Waals surface area contributed by atoms with Crippen LogP contribution in [-0.2, 0) is 16.6 Å². The first-order valence-electron chi connectivity index (χ1n) is 6.58. The minimum Gasteiger partial charge on any atom is -0.448 e. The van der Waals surface area contributed by atoms with Crippen LogP contribution in [0.5, 0.6) is 0 Å². The molecule has 120 valence electrons. The molecule has 2 aromatic heterocycles. The van der Waals surface area contributed by atoms with E-state index < -0.39 is 10.0 Å². The zero-order chi connectivity index (χ0) is 16.5. The van der Waals surface area contributed by atoms with E-state index in [1.807, 2.05) is 18.4 Å². The number of carbonyl (C=O) groups is 1. The number of nitrogens with one attached hydrogen (secondary N) is 1. The number of sulfonamides is 1. The topological polar surface area (TPSA) is 79.6 Å². The summed E-state index contributed by atoms with van der Waals surface area (Å²) in [6.07, 6.45) is 0. The van der Waals surface area contributed by atoms with Gasteiger partial charge in [-0.25, -0.2) is 13.1 Å². The van der Waals surface area contributed by atoms with E-state index in [9.17, 15) is 13.2 Å². The van der Waals surface area contributed by atoms with Gasteiger partial charge in [-0.1, -0.05) is 0 Å². The van der Waals surface area contributed by atoms with Gasteiger partial charge < -0.3 is 9.32 Å². The number of nitrogens with zero attached hydrogens (tertiary/aromatic N) is 1. The Bertz CT molecular complexity index is 790. The predicted octanol–water partition coefficient (Wildman–Crippen LogP) is 2.14. The van der Waals surface area contributed by atoms with E-state index in [4.69, 9.17) is 4.42 Å². The molecule has 0 saturated heterocycles. The lowest BCUT2D eigenvalue weighted by atomic mass is 10.2. The summed E-state index contributed by atoms with van der Waals surface area (Å²) in [5, 5.41) is 1.72. The Hall–Kier alpha value is -1.64. The zero-order valence-corrected chi connectivity index (χ0v) is 14.5. The van der Waals surface area contributed by atoms with Crippen LogP contribution in [0.4, 0.5) is 0 Å². The number of rotatable bonds is 5. The smallest absolute Gasteiger partial charge is 0.273 e. The Balaban J connectivity index is 2.24. The molecule has 22 heavy (non-hydrogen) atoms. The van der Waals surface area contributed by atoms with Crippen LogP contribution in [0.3, 0.4) is 0 Å². The van der Waals surface area contributed by atoms with Crippen molar-refractivity contribution in [3.63, 3.8) is 0 Å². The third kappa shape index (κ3) is 3.23. The normalized spacial score (nSPS) is 11.6. The average molecular weight is 342 g/mol. The maximum atomic E-state index is 12.5. The van der Waals surface area contributed by atoms with Crippen molar-refractivity contribution >= 4 is 27.3 Å². The highest BCUT2D eigenvalue weighted by Crippen LogP contribution is 2.22. The van der Waals surface area contributed by atoms with Gasteiger partial charge in [-0.2, -0.15) is 0 Å². The van der Waals surface area contributed by atoms with Crippen molar-refractivity contribution in [1.29, 1.82) is 0 Å². The Morgan fingerprint density at radius 3 is 2.64 bits per heavy atom. The summed E-state index contributed by atoms with van der Waals surface area (Å²) in [6.45, 7) is 4.04. The fourth-order valence-corrected chi connectivity index (χ4v) is 3.63. The van der Waals surface area contributed by atoms with Crippen LogP contribution in [0, 0.1) is 13.8 Å². The van der Waals surface area contributed by atoms with E-state index in [-0.39, 0.29) is 22.3 Å². The molecular formula is C14H18N2O4S2.